The zero-order valence-electron chi connectivity index (χ0n) is 15.8. The summed E-state index contributed by atoms with van der Waals surface area (Å²) >= 11 is 0. The van der Waals surface area contributed by atoms with E-state index >= 15 is 0 Å². The molecule has 0 aliphatic carbocycles. The van der Waals surface area contributed by atoms with Crippen LogP contribution in [0.2, 0.25) is 0 Å². The second-order valence-corrected chi connectivity index (χ2v) is 6.91. The smallest absolute Gasteiger partial charge is 0.254 e. The van der Waals surface area contributed by atoms with Crippen LogP contribution in [0.5, 0.6) is 0 Å². The lowest BCUT2D eigenvalue weighted by atomic mass is 10.1. The monoisotopic (exact) mass is 379 g/mol. The Labute approximate surface area is 164 Å². The summed E-state index contributed by atoms with van der Waals surface area (Å²) in [7, 11) is 0. The molecule has 1 fully saturated rings. The fourth-order valence-corrected chi connectivity index (χ4v) is 3.51. The van der Waals surface area contributed by atoms with Gasteiger partial charge in [0, 0.05) is 37.7 Å². The Hall–Kier alpha value is -3.20. The van der Waals surface area contributed by atoms with Gasteiger partial charge in [-0.25, -0.2) is 4.39 Å². The number of benzene rings is 2. The van der Waals surface area contributed by atoms with E-state index < -0.39 is 5.82 Å². The van der Waals surface area contributed by atoms with Crippen LogP contribution in [0, 0.1) is 17.1 Å². The highest BCUT2D eigenvalue weighted by Crippen LogP contribution is 2.20. The number of nitrogens with zero attached hydrogens (tertiary/aromatic N) is 3. The molecule has 2 aromatic rings. The standard InChI is InChI=1S/C22H22FN3O2/c1-2-20-15-25(22(28)18-10-17(13-24)11-19(23)12-18)9-8-21(27)26(20)14-16-6-4-3-5-7-16/h3-7,10-12,20H,2,8-9,14-15H2,1H3/t20-/m0/s1. The molecule has 28 heavy (non-hydrogen) atoms. The number of nitriles is 1. The Kier molecular flexibility index (Phi) is 6.05. The first kappa shape index (κ1) is 19.6. The van der Waals surface area contributed by atoms with E-state index in [1.165, 1.54) is 6.07 Å². The second kappa shape index (κ2) is 8.66. The number of rotatable bonds is 4. The first-order chi connectivity index (χ1) is 13.5. The number of hydrogen-bond acceptors (Lipinski definition) is 3. The summed E-state index contributed by atoms with van der Waals surface area (Å²) in [6.07, 6.45) is 0.921. The Morgan fingerprint density at radius 2 is 2.00 bits per heavy atom. The molecule has 0 radical (unpaired) electrons. The third-order valence-electron chi connectivity index (χ3n) is 5.02. The van der Waals surface area contributed by atoms with Crippen LogP contribution in [0.15, 0.2) is 48.5 Å². The van der Waals surface area contributed by atoms with Crippen LogP contribution in [0.4, 0.5) is 4.39 Å². The van der Waals surface area contributed by atoms with Gasteiger partial charge in [-0.15, -0.1) is 0 Å². The minimum absolute atomic E-state index is 0.00274. The molecule has 1 saturated heterocycles. The molecule has 0 bridgehead atoms. The van der Waals surface area contributed by atoms with Crippen molar-refractivity contribution in [3.63, 3.8) is 0 Å². The molecule has 2 amide bonds. The highest BCUT2D eigenvalue weighted by molar-refractivity contribution is 5.95. The van der Waals surface area contributed by atoms with Crippen molar-refractivity contribution in [3.8, 4) is 6.07 Å². The van der Waals surface area contributed by atoms with Gasteiger partial charge in [0.05, 0.1) is 11.6 Å². The van der Waals surface area contributed by atoms with Crippen molar-refractivity contribution in [2.24, 2.45) is 0 Å². The van der Waals surface area contributed by atoms with Crippen molar-refractivity contribution in [2.45, 2.75) is 32.4 Å². The Balaban J connectivity index is 1.82. The number of amides is 2. The van der Waals surface area contributed by atoms with Gasteiger partial charge >= 0.3 is 0 Å². The van der Waals surface area contributed by atoms with Crippen LogP contribution < -0.4 is 0 Å². The van der Waals surface area contributed by atoms with Crippen LogP contribution in [0.25, 0.3) is 0 Å². The zero-order valence-corrected chi connectivity index (χ0v) is 15.8. The van der Waals surface area contributed by atoms with Crippen molar-refractivity contribution in [2.75, 3.05) is 13.1 Å². The number of hydrogen-bond donors (Lipinski definition) is 0. The summed E-state index contributed by atoms with van der Waals surface area (Å²) in [4.78, 5) is 29.1. The van der Waals surface area contributed by atoms with Gasteiger partial charge in [0.25, 0.3) is 5.91 Å². The summed E-state index contributed by atoms with van der Waals surface area (Å²) in [6.45, 7) is 3.14. The SMILES string of the molecule is CC[C@H]1CN(C(=O)c2cc(F)cc(C#N)c2)CCC(=O)N1Cc1ccccc1. The van der Waals surface area contributed by atoms with Gasteiger partial charge in [-0.2, -0.15) is 5.26 Å². The van der Waals surface area contributed by atoms with E-state index in [1.54, 1.807) is 4.90 Å². The lowest BCUT2D eigenvalue weighted by molar-refractivity contribution is -0.133. The van der Waals surface area contributed by atoms with Crippen LogP contribution in [0.3, 0.4) is 0 Å². The maximum atomic E-state index is 13.7. The summed E-state index contributed by atoms with van der Waals surface area (Å²) in [6, 6.07) is 15.1. The largest absolute Gasteiger partial charge is 0.336 e. The molecule has 0 aromatic heterocycles. The molecule has 1 aliphatic heterocycles. The summed E-state index contributed by atoms with van der Waals surface area (Å²) in [5, 5.41) is 9.02. The fraction of sp³-hybridized carbons (Fsp3) is 0.318. The van der Waals surface area contributed by atoms with E-state index in [9.17, 15) is 14.0 Å². The molecule has 3 rings (SSSR count). The highest BCUT2D eigenvalue weighted by Gasteiger charge is 2.31. The fourth-order valence-electron chi connectivity index (χ4n) is 3.51. The van der Waals surface area contributed by atoms with Crippen LogP contribution >= 0.6 is 0 Å². The van der Waals surface area contributed by atoms with E-state index in [0.29, 0.717) is 19.5 Å². The van der Waals surface area contributed by atoms with E-state index in [4.69, 9.17) is 5.26 Å². The maximum Gasteiger partial charge on any atom is 0.254 e. The average Bonchev–Trinajstić information content (AvgIpc) is 2.87. The molecular formula is C22H22FN3O2. The van der Waals surface area contributed by atoms with Gasteiger partial charge in [0.2, 0.25) is 5.91 Å². The number of carbonyl (C=O) groups is 2. The molecule has 5 nitrogen and oxygen atoms in total. The molecular weight excluding hydrogens is 357 g/mol. The van der Waals surface area contributed by atoms with Crippen molar-refractivity contribution >= 4 is 11.8 Å². The van der Waals surface area contributed by atoms with Crippen molar-refractivity contribution in [3.05, 3.63) is 71.0 Å². The van der Waals surface area contributed by atoms with Gasteiger partial charge in [-0.1, -0.05) is 37.3 Å². The van der Waals surface area contributed by atoms with Gasteiger partial charge in [-0.3, -0.25) is 9.59 Å². The minimum Gasteiger partial charge on any atom is -0.336 e. The molecule has 0 unspecified atom stereocenters. The Morgan fingerprint density at radius 3 is 2.68 bits per heavy atom. The number of carbonyl (C=O) groups excluding carboxylic acids is 2. The topological polar surface area (TPSA) is 64.4 Å². The number of halogens is 1. The molecule has 1 heterocycles. The minimum atomic E-state index is -0.619. The molecule has 0 spiro atoms. The van der Waals surface area contributed by atoms with Crippen molar-refractivity contribution in [1.82, 2.24) is 9.80 Å². The van der Waals surface area contributed by atoms with E-state index in [-0.39, 0.29) is 41.9 Å². The average molecular weight is 379 g/mol. The summed E-state index contributed by atoms with van der Waals surface area (Å²) < 4.78 is 13.7. The van der Waals surface area contributed by atoms with E-state index in [1.807, 2.05) is 48.2 Å². The van der Waals surface area contributed by atoms with Gasteiger partial charge in [0.1, 0.15) is 5.82 Å². The van der Waals surface area contributed by atoms with Gasteiger partial charge in [0.15, 0.2) is 0 Å². The molecule has 144 valence electrons. The van der Waals surface area contributed by atoms with Crippen LogP contribution in [-0.4, -0.2) is 40.7 Å². The summed E-state index contributed by atoms with van der Waals surface area (Å²) in [5.41, 5.74) is 1.28. The van der Waals surface area contributed by atoms with E-state index in [0.717, 1.165) is 17.7 Å². The predicted molar refractivity (Wildman–Crippen MR) is 103 cm³/mol. The van der Waals surface area contributed by atoms with Crippen LogP contribution in [0.1, 0.15) is 41.3 Å². The molecule has 0 saturated carbocycles. The van der Waals surface area contributed by atoms with Crippen molar-refractivity contribution < 1.29 is 14.0 Å². The second-order valence-electron chi connectivity index (χ2n) is 6.91. The molecule has 6 heteroatoms. The third kappa shape index (κ3) is 4.37. The third-order valence-corrected chi connectivity index (χ3v) is 5.02. The lowest BCUT2D eigenvalue weighted by Crippen LogP contribution is -2.43. The normalized spacial score (nSPS) is 17.2. The molecule has 2 aromatic carbocycles. The summed E-state index contributed by atoms with van der Waals surface area (Å²) in [5.74, 6) is -0.974. The Morgan fingerprint density at radius 1 is 1.25 bits per heavy atom. The maximum absolute atomic E-state index is 13.7. The highest BCUT2D eigenvalue weighted by atomic mass is 19.1. The molecule has 1 atom stereocenters. The Bertz CT molecular complexity index is 908. The van der Waals surface area contributed by atoms with Gasteiger partial charge in [-0.05, 0) is 30.2 Å². The molecule has 1 aliphatic rings. The lowest BCUT2D eigenvalue weighted by Gasteiger charge is -2.31. The van der Waals surface area contributed by atoms with Gasteiger partial charge < -0.3 is 9.80 Å². The first-order valence-corrected chi connectivity index (χ1v) is 9.35. The van der Waals surface area contributed by atoms with Crippen LogP contribution in [-0.2, 0) is 11.3 Å². The predicted octanol–water partition coefficient (Wildman–Crippen LogP) is 3.35. The van der Waals surface area contributed by atoms with Crippen molar-refractivity contribution in [1.29, 1.82) is 5.26 Å². The first-order valence-electron chi connectivity index (χ1n) is 9.35. The zero-order chi connectivity index (χ0) is 20.1. The molecule has 0 N–H and O–H groups in total. The van der Waals surface area contributed by atoms with E-state index in [2.05, 4.69) is 0 Å². The quantitative estimate of drug-likeness (QED) is 0.818.